The SMILES string of the molecule is CCOC(=O)CSc1nc(C)c(C)c(=O)[nH]1. The highest BCUT2D eigenvalue weighted by atomic mass is 32.2. The summed E-state index contributed by atoms with van der Waals surface area (Å²) in [4.78, 5) is 29.3. The number of aryl methyl sites for hydroxylation is 1. The molecule has 0 unspecified atom stereocenters. The fourth-order valence-electron chi connectivity index (χ4n) is 1.02. The minimum atomic E-state index is -0.312. The van der Waals surface area contributed by atoms with E-state index in [4.69, 9.17) is 4.74 Å². The number of nitrogens with zero attached hydrogens (tertiary/aromatic N) is 1. The summed E-state index contributed by atoms with van der Waals surface area (Å²) in [5.74, 6) is -0.160. The van der Waals surface area contributed by atoms with Crippen LogP contribution in [0, 0.1) is 13.8 Å². The van der Waals surface area contributed by atoms with E-state index < -0.39 is 0 Å². The number of esters is 1. The van der Waals surface area contributed by atoms with E-state index >= 15 is 0 Å². The molecular weight excluding hydrogens is 228 g/mol. The lowest BCUT2D eigenvalue weighted by atomic mass is 10.3. The molecule has 0 aliphatic carbocycles. The number of aromatic amines is 1. The molecule has 1 aromatic heterocycles. The molecule has 0 fully saturated rings. The van der Waals surface area contributed by atoms with E-state index in [1.54, 1.807) is 20.8 Å². The molecule has 6 heteroatoms. The zero-order valence-corrected chi connectivity index (χ0v) is 10.3. The molecule has 1 rings (SSSR count). The molecule has 1 heterocycles. The number of thioether (sulfide) groups is 1. The number of ether oxygens (including phenoxy) is 1. The van der Waals surface area contributed by atoms with Gasteiger partial charge in [-0.3, -0.25) is 9.59 Å². The number of nitrogens with one attached hydrogen (secondary N) is 1. The Morgan fingerprint density at radius 1 is 1.50 bits per heavy atom. The van der Waals surface area contributed by atoms with Gasteiger partial charge in [-0.25, -0.2) is 4.98 Å². The van der Waals surface area contributed by atoms with Crippen molar-refractivity contribution in [2.45, 2.75) is 25.9 Å². The van der Waals surface area contributed by atoms with Gasteiger partial charge in [-0.05, 0) is 20.8 Å². The number of aromatic nitrogens is 2. The molecule has 88 valence electrons. The first-order chi connectivity index (χ1) is 7.54. The first kappa shape index (κ1) is 12.8. The molecule has 0 amide bonds. The van der Waals surface area contributed by atoms with Crippen LogP contribution < -0.4 is 5.56 Å². The Hall–Kier alpha value is -1.30. The third-order valence-corrected chi connectivity index (χ3v) is 2.85. The van der Waals surface area contributed by atoms with Gasteiger partial charge in [-0.2, -0.15) is 0 Å². The third-order valence-electron chi connectivity index (χ3n) is 2.01. The zero-order valence-electron chi connectivity index (χ0n) is 9.49. The van der Waals surface area contributed by atoms with E-state index in [0.29, 0.717) is 23.0 Å². The van der Waals surface area contributed by atoms with E-state index in [0.717, 1.165) is 11.8 Å². The summed E-state index contributed by atoms with van der Waals surface area (Å²) in [6, 6.07) is 0. The first-order valence-electron chi connectivity index (χ1n) is 4.90. The number of hydrogen-bond acceptors (Lipinski definition) is 5. The Labute approximate surface area is 97.6 Å². The predicted molar refractivity (Wildman–Crippen MR) is 61.7 cm³/mol. The Morgan fingerprint density at radius 3 is 2.75 bits per heavy atom. The van der Waals surface area contributed by atoms with Crippen LogP contribution in [0.1, 0.15) is 18.2 Å². The average Bonchev–Trinajstić information content (AvgIpc) is 2.23. The van der Waals surface area contributed by atoms with Gasteiger partial charge in [0.2, 0.25) is 0 Å². The highest BCUT2D eigenvalue weighted by Gasteiger charge is 2.07. The summed E-state index contributed by atoms with van der Waals surface area (Å²) in [6.45, 7) is 5.58. The number of carbonyl (C=O) groups is 1. The van der Waals surface area contributed by atoms with E-state index in [1.807, 2.05) is 0 Å². The Kier molecular flexibility index (Phi) is 4.54. The van der Waals surface area contributed by atoms with Gasteiger partial charge >= 0.3 is 5.97 Å². The summed E-state index contributed by atoms with van der Waals surface area (Å²) in [5, 5.41) is 0.446. The van der Waals surface area contributed by atoms with Crippen LogP contribution in [0.5, 0.6) is 0 Å². The second kappa shape index (κ2) is 5.69. The summed E-state index contributed by atoms with van der Waals surface area (Å²) in [6.07, 6.45) is 0. The van der Waals surface area contributed by atoms with Crippen LogP contribution in [0.2, 0.25) is 0 Å². The normalized spacial score (nSPS) is 10.2. The quantitative estimate of drug-likeness (QED) is 0.485. The van der Waals surface area contributed by atoms with Crippen molar-refractivity contribution in [2.75, 3.05) is 12.4 Å². The molecule has 0 aliphatic rings. The molecule has 0 radical (unpaired) electrons. The lowest BCUT2D eigenvalue weighted by Crippen LogP contribution is -2.15. The van der Waals surface area contributed by atoms with Gasteiger partial charge in [0, 0.05) is 11.3 Å². The minimum Gasteiger partial charge on any atom is -0.465 e. The first-order valence-corrected chi connectivity index (χ1v) is 5.89. The highest BCUT2D eigenvalue weighted by Crippen LogP contribution is 2.12. The molecule has 0 spiro atoms. The topological polar surface area (TPSA) is 72.0 Å². The van der Waals surface area contributed by atoms with Crippen LogP contribution in [0.4, 0.5) is 0 Å². The lowest BCUT2D eigenvalue weighted by molar-refractivity contribution is -0.139. The maximum Gasteiger partial charge on any atom is 0.316 e. The summed E-state index contributed by atoms with van der Waals surface area (Å²) in [7, 11) is 0. The van der Waals surface area contributed by atoms with Crippen molar-refractivity contribution in [3.05, 3.63) is 21.6 Å². The number of H-pyrrole nitrogens is 1. The van der Waals surface area contributed by atoms with Crippen LogP contribution in [0.3, 0.4) is 0 Å². The summed E-state index contributed by atoms with van der Waals surface area (Å²) in [5.41, 5.74) is 1.11. The van der Waals surface area contributed by atoms with Crippen molar-refractivity contribution < 1.29 is 9.53 Å². The van der Waals surface area contributed by atoms with Gasteiger partial charge in [0.25, 0.3) is 5.56 Å². The van der Waals surface area contributed by atoms with Crippen LogP contribution in [-0.4, -0.2) is 28.3 Å². The third kappa shape index (κ3) is 3.37. The molecule has 0 saturated carbocycles. The highest BCUT2D eigenvalue weighted by molar-refractivity contribution is 7.99. The van der Waals surface area contributed by atoms with Crippen molar-refractivity contribution >= 4 is 17.7 Å². The Morgan fingerprint density at radius 2 is 2.19 bits per heavy atom. The molecular formula is C10H14N2O3S. The molecule has 0 saturated heterocycles. The van der Waals surface area contributed by atoms with Crippen LogP contribution in [0.15, 0.2) is 9.95 Å². The average molecular weight is 242 g/mol. The van der Waals surface area contributed by atoms with Crippen molar-refractivity contribution in [3.63, 3.8) is 0 Å². The van der Waals surface area contributed by atoms with Gasteiger partial charge in [0.1, 0.15) is 0 Å². The number of rotatable bonds is 4. The van der Waals surface area contributed by atoms with E-state index in [1.165, 1.54) is 0 Å². The molecule has 1 N–H and O–H groups in total. The van der Waals surface area contributed by atoms with Crippen molar-refractivity contribution in [1.82, 2.24) is 9.97 Å². The molecule has 1 aromatic rings. The Balaban J connectivity index is 2.69. The number of hydrogen-bond donors (Lipinski definition) is 1. The molecule has 0 aromatic carbocycles. The zero-order chi connectivity index (χ0) is 12.1. The van der Waals surface area contributed by atoms with Gasteiger partial charge in [-0.15, -0.1) is 0 Å². The van der Waals surface area contributed by atoms with E-state index in [-0.39, 0.29) is 17.3 Å². The van der Waals surface area contributed by atoms with Crippen molar-refractivity contribution in [3.8, 4) is 0 Å². The maximum atomic E-state index is 11.4. The molecule has 0 bridgehead atoms. The fourth-order valence-corrected chi connectivity index (χ4v) is 1.72. The van der Waals surface area contributed by atoms with Crippen LogP contribution in [0.25, 0.3) is 0 Å². The smallest absolute Gasteiger partial charge is 0.316 e. The predicted octanol–water partition coefficient (Wildman–Crippen LogP) is 1.04. The monoisotopic (exact) mass is 242 g/mol. The Bertz CT molecular complexity index is 442. The van der Waals surface area contributed by atoms with Gasteiger partial charge in [-0.1, -0.05) is 11.8 Å². The summed E-state index contributed by atoms with van der Waals surface area (Å²) < 4.78 is 4.77. The lowest BCUT2D eigenvalue weighted by Gasteiger charge is -2.03. The fraction of sp³-hybridized carbons (Fsp3) is 0.500. The van der Waals surface area contributed by atoms with Crippen LogP contribution >= 0.6 is 11.8 Å². The van der Waals surface area contributed by atoms with Gasteiger partial charge in [0.05, 0.1) is 12.4 Å². The molecule has 0 atom stereocenters. The molecule has 16 heavy (non-hydrogen) atoms. The largest absolute Gasteiger partial charge is 0.465 e. The second-order valence-corrected chi connectivity index (χ2v) is 4.14. The summed E-state index contributed by atoms with van der Waals surface area (Å²) >= 11 is 1.16. The molecule has 0 aliphatic heterocycles. The van der Waals surface area contributed by atoms with Crippen LogP contribution in [-0.2, 0) is 9.53 Å². The number of carbonyl (C=O) groups excluding carboxylic acids is 1. The maximum absolute atomic E-state index is 11.4. The van der Waals surface area contributed by atoms with E-state index in [9.17, 15) is 9.59 Å². The van der Waals surface area contributed by atoms with E-state index in [2.05, 4.69) is 9.97 Å². The van der Waals surface area contributed by atoms with Crippen molar-refractivity contribution in [1.29, 1.82) is 0 Å². The molecule has 5 nitrogen and oxygen atoms in total. The van der Waals surface area contributed by atoms with Gasteiger partial charge in [0.15, 0.2) is 5.16 Å². The van der Waals surface area contributed by atoms with Gasteiger partial charge < -0.3 is 9.72 Å². The minimum absolute atomic E-state index is 0.152. The standard InChI is InChI=1S/C10H14N2O3S/c1-4-15-8(13)5-16-10-11-7(3)6(2)9(14)12-10/h4-5H2,1-3H3,(H,11,12,14). The second-order valence-electron chi connectivity index (χ2n) is 3.18. The van der Waals surface area contributed by atoms with Crippen molar-refractivity contribution in [2.24, 2.45) is 0 Å².